The first kappa shape index (κ1) is 13.6. The van der Waals surface area contributed by atoms with Gasteiger partial charge in [0.05, 0.1) is 5.52 Å². The summed E-state index contributed by atoms with van der Waals surface area (Å²) in [6, 6.07) is 15.2. The van der Waals surface area contributed by atoms with Gasteiger partial charge in [-0.1, -0.05) is 24.3 Å². The summed E-state index contributed by atoms with van der Waals surface area (Å²) in [7, 11) is 1.94. The minimum atomic E-state index is -0.253. The lowest BCUT2D eigenvalue weighted by atomic mass is 10.2. The molecular formula is C17H18FN3. The highest BCUT2D eigenvalue weighted by Gasteiger charge is 2.10. The van der Waals surface area contributed by atoms with Gasteiger partial charge < -0.3 is 9.88 Å². The number of nitrogens with one attached hydrogen (secondary N) is 1. The third-order valence-electron chi connectivity index (χ3n) is 3.63. The van der Waals surface area contributed by atoms with Crippen molar-refractivity contribution in [1.29, 1.82) is 0 Å². The largest absolute Gasteiger partial charge is 0.385 e. The number of fused-ring (bicyclic) bond motifs is 1. The molecule has 3 nitrogen and oxygen atoms in total. The van der Waals surface area contributed by atoms with E-state index in [1.807, 2.05) is 48.0 Å². The third kappa shape index (κ3) is 2.89. The molecule has 4 heteroatoms. The number of imidazole rings is 1. The Hall–Kier alpha value is -2.36. The van der Waals surface area contributed by atoms with E-state index in [4.69, 9.17) is 0 Å². The number of benzene rings is 2. The fourth-order valence-corrected chi connectivity index (χ4v) is 2.49. The Morgan fingerprint density at radius 1 is 1.10 bits per heavy atom. The Kier molecular flexibility index (Phi) is 3.86. The van der Waals surface area contributed by atoms with E-state index in [9.17, 15) is 4.39 Å². The smallest absolute Gasteiger partial charge is 0.151 e. The molecule has 1 N–H and O–H groups in total. The van der Waals surface area contributed by atoms with Gasteiger partial charge in [-0.25, -0.2) is 9.37 Å². The van der Waals surface area contributed by atoms with Crippen molar-refractivity contribution in [3.8, 4) is 0 Å². The summed E-state index contributed by atoms with van der Waals surface area (Å²) in [5.41, 5.74) is 2.43. The first-order valence-corrected chi connectivity index (χ1v) is 7.14. The predicted octanol–water partition coefficient (Wildman–Crippen LogP) is 3.76. The van der Waals surface area contributed by atoms with E-state index in [2.05, 4.69) is 10.3 Å². The van der Waals surface area contributed by atoms with Gasteiger partial charge in [0, 0.05) is 25.7 Å². The fraction of sp³-hybridized carbons (Fsp3) is 0.235. The van der Waals surface area contributed by atoms with E-state index >= 15 is 0 Å². The molecule has 0 atom stereocenters. The van der Waals surface area contributed by atoms with Crippen molar-refractivity contribution in [1.82, 2.24) is 9.55 Å². The van der Waals surface area contributed by atoms with Crippen molar-refractivity contribution in [2.24, 2.45) is 7.05 Å². The van der Waals surface area contributed by atoms with Crippen LogP contribution in [0.4, 0.5) is 10.1 Å². The summed E-state index contributed by atoms with van der Waals surface area (Å²) >= 11 is 0. The molecule has 0 fully saturated rings. The highest BCUT2D eigenvalue weighted by atomic mass is 19.1. The molecule has 0 bridgehead atoms. The Bertz CT molecular complexity index is 734. The Labute approximate surface area is 123 Å². The molecule has 108 valence electrons. The average molecular weight is 283 g/mol. The van der Waals surface area contributed by atoms with Crippen LogP contribution in [-0.2, 0) is 13.5 Å². The Morgan fingerprint density at radius 3 is 2.67 bits per heavy atom. The Morgan fingerprint density at radius 2 is 1.90 bits per heavy atom. The van der Waals surface area contributed by atoms with Gasteiger partial charge in [-0.15, -0.1) is 0 Å². The maximum absolute atomic E-state index is 13.7. The molecule has 0 aliphatic carbocycles. The molecule has 3 rings (SSSR count). The van der Waals surface area contributed by atoms with Gasteiger partial charge in [0.1, 0.15) is 11.3 Å². The van der Waals surface area contributed by atoms with Crippen molar-refractivity contribution < 1.29 is 4.39 Å². The lowest BCUT2D eigenvalue weighted by Crippen LogP contribution is -2.05. The SMILES string of the molecule is Cn1c(CCCNc2ccccc2)nc2c(F)cccc21. The number of hydrogen-bond donors (Lipinski definition) is 1. The highest BCUT2D eigenvalue weighted by molar-refractivity contribution is 5.76. The zero-order chi connectivity index (χ0) is 14.7. The Balaban J connectivity index is 1.63. The van der Waals surface area contributed by atoms with Crippen LogP contribution in [0.15, 0.2) is 48.5 Å². The molecule has 2 aromatic carbocycles. The lowest BCUT2D eigenvalue weighted by Gasteiger charge is -2.06. The summed E-state index contributed by atoms with van der Waals surface area (Å²) in [5.74, 6) is 0.668. The summed E-state index contributed by atoms with van der Waals surface area (Å²) in [6.07, 6.45) is 1.78. The van der Waals surface area contributed by atoms with Crippen LogP contribution < -0.4 is 5.32 Å². The second-order valence-electron chi connectivity index (χ2n) is 5.09. The van der Waals surface area contributed by atoms with E-state index in [1.165, 1.54) is 6.07 Å². The number of hydrogen-bond acceptors (Lipinski definition) is 2. The van der Waals surface area contributed by atoms with Crippen molar-refractivity contribution >= 4 is 16.7 Å². The zero-order valence-electron chi connectivity index (χ0n) is 12.0. The van der Waals surface area contributed by atoms with Crippen LogP contribution in [0.25, 0.3) is 11.0 Å². The summed E-state index contributed by atoms with van der Waals surface area (Å²) < 4.78 is 15.7. The molecule has 3 aromatic rings. The maximum atomic E-state index is 13.7. The predicted molar refractivity (Wildman–Crippen MR) is 83.9 cm³/mol. The highest BCUT2D eigenvalue weighted by Crippen LogP contribution is 2.18. The molecular weight excluding hydrogens is 265 g/mol. The first-order valence-electron chi connectivity index (χ1n) is 7.14. The quantitative estimate of drug-likeness (QED) is 0.723. The van der Waals surface area contributed by atoms with Crippen molar-refractivity contribution in [3.05, 3.63) is 60.2 Å². The monoisotopic (exact) mass is 283 g/mol. The van der Waals surface area contributed by atoms with Crippen LogP contribution in [0.1, 0.15) is 12.2 Å². The van der Waals surface area contributed by atoms with Crippen LogP contribution in [0, 0.1) is 5.82 Å². The van der Waals surface area contributed by atoms with Crippen molar-refractivity contribution in [3.63, 3.8) is 0 Å². The number of halogens is 1. The topological polar surface area (TPSA) is 29.9 Å². The van der Waals surface area contributed by atoms with E-state index < -0.39 is 0 Å². The van der Waals surface area contributed by atoms with Gasteiger partial charge in [0.2, 0.25) is 0 Å². The molecule has 0 spiro atoms. The third-order valence-corrected chi connectivity index (χ3v) is 3.63. The normalized spacial score (nSPS) is 11.0. The van der Waals surface area contributed by atoms with Gasteiger partial charge in [-0.3, -0.25) is 0 Å². The van der Waals surface area contributed by atoms with Crippen LogP contribution in [0.3, 0.4) is 0 Å². The van der Waals surface area contributed by atoms with Gasteiger partial charge in [0.25, 0.3) is 0 Å². The second kappa shape index (κ2) is 5.95. The maximum Gasteiger partial charge on any atom is 0.151 e. The molecule has 0 saturated carbocycles. The summed E-state index contributed by atoms with van der Waals surface area (Å²) in [5, 5.41) is 3.37. The van der Waals surface area contributed by atoms with E-state index in [0.29, 0.717) is 5.52 Å². The number of rotatable bonds is 5. The number of para-hydroxylation sites is 2. The van der Waals surface area contributed by atoms with Gasteiger partial charge in [-0.05, 0) is 30.7 Å². The zero-order valence-corrected chi connectivity index (χ0v) is 12.0. The fourth-order valence-electron chi connectivity index (χ4n) is 2.49. The number of aryl methyl sites for hydroxylation is 2. The number of aromatic nitrogens is 2. The average Bonchev–Trinajstić information content (AvgIpc) is 2.83. The van der Waals surface area contributed by atoms with E-state index in [1.54, 1.807) is 6.07 Å². The molecule has 0 aliphatic heterocycles. The molecule has 21 heavy (non-hydrogen) atoms. The standard InChI is InChI=1S/C17H18FN3/c1-21-15-10-5-9-14(18)17(15)20-16(21)11-6-12-19-13-7-3-2-4-8-13/h2-5,7-10,19H,6,11-12H2,1H3. The van der Waals surface area contributed by atoms with Crippen LogP contribution >= 0.6 is 0 Å². The van der Waals surface area contributed by atoms with Gasteiger partial charge in [-0.2, -0.15) is 0 Å². The molecule has 1 aromatic heterocycles. The van der Waals surface area contributed by atoms with Crippen molar-refractivity contribution in [2.75, 3.05) is 11.9 Å². The van der Waals surface area contributed by atoms with Crippen LogP contribution in [-0.4, -0.2) is 16.1 Å². The van der Waals surface area contributed by atoms with E-state index in [-0.39, 0.29) is 5.82 Å². The molecule has 1 heterocycles. The molecule has 0 radical (unpaired) electrons. The second-order valence-corrected chi connectivity index (χ2v) is 5.09. The molecule has 0 amide bonds. The van der Waals surface area contributed by atoms with E-state index in [0.717, 1.165) is 36.4 Å². The molecule has 0 unspecified atom stereocenters. The van der Waals surface area contributed by atoms with Gasteiger partial charge >= 0.3 is 0 Å². The van der Waals surface area contributed by atoms with Crippen molar-refractivity contribution in [2.45, 2.75) is 12.8 Å². The number of anilines is 1. The van der Waals surface area contributed by atoms with Crippen LogP contribution in [0.2, 0.25) is 0 Å². The number of nitrogens with zero attached hydrogens (tertiary/aromatic N) is 2. The summed E-state index contributed by atoms with van der Waals surface area (Å²) in [6.45, 7) is 0.871. The summed E-state index contributed by atoms with van der Waals surface area (Å²) in [4.78, 5) is 4.42. The minimum absolute atomic E-state index is 0.253. The molecule has 0 aliphatic rings. The molecule has 0 saturated heterocycles. The first-order chi connectivity index (χ1) is 10.3. The lowest BCUT2D eigenvalue weighted by molar-refractivity contribution is 0.637. The minimum Gasteiger partial charge on any atom is -0.385 e. The van der Waals surface area contributed by atoms with Crippen LogP contribution in [0.5, 0.6) is 0 Å². The van der Waals surface area contributed by atoms with Gasteiger partial charge in [0.15, 0.2) is 5.82 Å².